The highest BCUT2D eigenvalue weighted by Crippen LogP contribution is 2.43. The normalized spacial score (nSPS) is 12.9. The maximum atomic E-state index is 11.6. The van der Waals surface area contributed by atoms with Gasteiger partial charge in [-0.1, -0.05) is 73.1 Å². The third-order valence-corrected chi connectivity index (χ3v) is 5.70. The first kappa shape index (κ1) is 17.1. The van der Waals surface area contributed by atoms with Gasteiger partial charge in [0.2, 0.25) is 0 Å². The van der Waals surface area contributed by atoms with Crippen LogP contribution in [-0.4, -0.2) is 5.16 Å². The lowest BCUT2D eigenvalue weighted by Crippen LogP contribution is -2.34. The first-order valence-electron chi connectivity index (χ1n) is 7.35. The standard InChI is InChI=1S/C15H31OP/c1-6-7-8-9-10-11-12-15(17-16,13(2)3)14(4)5/h13-14H,6-12H2,1-5H3. The van der Waals surface area contributed by atoms with Gasteiger partial charge >= 0.3 is 0 Å². The smallest absolute Gasteiger partial charge is 0.162 e. The Morgan fingerprint density at radius 3 is 1.76 bits per heavy atom. The summed E-state index contributed by atoms with van der Waals surface area (Å²) in [4.78, 5) is 0. The van der Waals surface area contributed by atoms with Crippen molar-refractivity contribution in [3.63, 3.8) is 0 Å². The zero-order valence-electron chi connectivity index (χ0n) is 12.5. The summed E-state index contributed by atoms with van der Waals surface area (Å²) in [7, 11) is 0.347. The molecule has 0 aliphatic rings. The monoisotopic (exact) mass is 258 g/mol. The Kier molecular flexibility index (Phi) is 9.14. The number of rotatable bonds is 10. The van der Waals surface area contributed by atoms with Crippen LogP contribution in [0.25, 0.3) is 0 Å². The minimum absolute atomic E-state index is 0.00472. The molecule has 0 radical (unpaired) electrons. The van der Waals surface area contributed by atoms with E-state index in [1.165, 1.54) is 38.5 Å². The molecule has 0 amide bonds. The van der Waals surface area contributed by atoms with Crippen molar-refractivity contribution in [2.24, 2.45) is 11.8 Å². The quantitative estimate of drug-likeness (QED) is 0.343. The van der Waals surface area contributed by atoms with E-state index in [0.717, 1.165) is 6.42 Å². The van der Waals surface area contributed by atoms with E-state index in [4.69, 9.17) is 0 Å². The van der Waals surface area contributed by atoms with Crippen molar-refractivity contribution in [2.75, 3.05) is 0 Å². The van der Waals surface area contributed by atoms with Crippen molar-refractivity contribution in [2.45, 2.75) is 84.7 Å². The van der Waals surface area contributed by atoms with Crippen LogP contribution >= 0.6 is 8.46 Å². The molecule has 102 valence electrons. The highest BCUT2D eigenvalue weighted by molar-refractivity contribution is 7.26. The van der Waals surface area contributed by atoms with Crippen LogP contribution in [0.2, 0.25) is 0 Å². The van der Waals surface area contributed by atoms with E-state index in [-0.39, 0.29) is 5.16 Å². The summed E-state index contributed by atoms with van der Waals surface area (Å²) in [5.74, 6) is 0.995. The summed E-state index contributed by atoms with van der Waals surface area (Å²) in [6.07, 6.45) is 9.02. The van der Waals surface area contributed by atoms with Crippen molar-refractivity contribution < 1.29 is 4.57 Å². The predicted octanol–water partition coefficient (Wildman–Crippen LogP) is 6.08. The Labute approximate surface area is 110 Å². The Hall–Kier alpha value is 0.100. The van der Waals surface area contributed by atoms with Crippen LogP contribution in [-0.2, 0) is 4.57 Å². The maximum Gasteiger partial charge on any atom is 0.162 e. The van der Waals surface area contributed by atoms with Gasteiger partial charge in [0.05, 0.1) is 5.16 Å². The molecule has 1 nitrogen and oxygen atoms in total. The molecule has 0 aromatic heterocycles. The number of unbranched alkanes of at least 4 members (excludes halogenated alkanes) is 5. The second kappa shape index (κ2) is 9.09. The molecule has 0 heterocycles. The fraction of sp³-hybridized carbons (Fsp3) is 1.00. The summed E-state index contributed by atoms with van der Waals surface area (Å²) in [5, 5.41) is 0.00472. The summed E-state index contributed by atoms with van der Waals surface area (Å²) in [5.41, 5.74) is 0. The fourth-order valence-corrected chi connectivity index (χ4v) is 3.36. The highest BCUT2D eigenvalue weighted by Gasteiger charge is 2.37. The van der Waals surface area contributed by atoms with Gasteiger partial charge in [-0.05, 0) is 18.3 Å². The summed E-state index contributed by atoms with van der Waals surface area (Å²) in [6, 6.07) is 0. The van der Waals surface area contributed by atoms with Gasteiger partial charge in [-0.15, -0.1) is 0 Å². The SMILES string of the molecule is CCCCCCCCC(P=O)(C(C)C)C(C)C. The van der Waals surface area contributed by atoms with Gasteiger partial charge in [0.15, 0.2) is 8.46 Å². The third kappa shape index (κ3) is 5.51. The molecule has 0 unspecified atom stereocenters. The number of hydrogen-bond acceptors (Lipinski definition) is 1. The molecule has 0 saturated heterocycles. The molecule has 0 aromatic carbocycles. The molecule has 0 fully saturated rings. The van der Waals surface area contributed by atoms with Crippen molar-refractivity contribution >= 4 is 8.46 Å². The second-order valence-corrected chi connectivity index (χ2v) is 6.92. The van der Waals surface area contributed by atoms with Crippen LogP contribution in [0, 0.1) is 11.8 Å². The molecule has 2 heteroatoms. The van der Waals surface area contributed by atoms with E-state index in [2.05, 4.69) is 34.6 Å². The molecule has 0 N–H and O–H groups in total. The van der Waals surface area contributed by atoms with Crippen LogP contribution in [0.15, 0.2) is 0 Å². The van der Waals surface area contributed by atoms with Gasteiger partial charge in [0, 0.05) is 0 Å². The van der Waals surface area contributed by atoms with Gasteiger partial charge in [0.25, 0.3) is 0 Å². The average Bonchev–Trinajstić information content (AvgIpc) is 2.27. The zero-order valence-corrected chi connectivity index (χ0v) is 13.4. The van der Waals surface area contributed by atoms with Gasteiger partial charge in [0.1, 0.15) is 0 Å². The van der Waals surface area contributed by atoms with E-state index >= 15 is 0 Å². The lowest BCUT2D eigenvalue weighted by Gasteiger charge is -2.35. The summed E-state index contributed by atoms with van der Waals surface area (Å²) >= 11 is 0. The van der Waals surface area contributed by atoms with E-state index in [1.807, 2.05) is 0 Å². The first-order chi connectivity index (χ1) is 8.01. The molecular formula is C15H31OP. The molecular weight excluding hydrogens is 227 g/mol. The first-order valence-corrected chi connectivity index (χ1v) is 8.17. The van der Waals surface area contributed by atoms with E-state index in [0.29, 0.717) is 20.3 Å². The van der Waals surface area contributed by atoms with Crippen molar-refractivity contribution in [3.05, 3.63) is 0 Å². The van der Waals surface area contributed by atoms with Gasteiger partial charge in [-0.2, -0.15) is 0 Å². The summed E-state index contributed by atoms with van der Waals surface area (Å²) < 4.78 is 11.6. The third-order valence-electron chi connectivity index (χ3n) is 4.10. The van der Waals surface area contributed by atoms with Crippen LogP contribution in [0.5, 0.6) is 0 Å². The molecule has 0 aliphatic carbocycles. The van der Waals surface area contributed by atoms with E-state index in [1.54, 1.807) is 0 Å². The summed E-state index contributed by atoms with van der Waals surface area (Å²) in [6.45, 7) is 11.1. The minimum atomic E-state index is 0.00472. The molecule has 17 heavy (non-hydrogen) atoms. The van der Waals surface area contributed by atoms with Crippen LogP contribution in [0.4, 0.5) is 0 Å². The number of hydrogen-bond donors (Lipinski definition) is 0. The molecule has 0 spiro atoms. The van der Waals surface area contributed by atoms with E-state index in [9.17, 15) is 4.57 Å². The maximum absolute atomic E-state index is 11.6. The molecule has 0 aliphatic heterocycles. The average molecular weight is 258 g/mol. The zero-order chi connectivity index (χ0) is 13.3. The molecule has 0 rings (SSSR count). The Morgan fingerprint density at radius 2 is 1.35 bits per heavy atom. The Bertz CT molecular complexity index is 191. The van der Waals surface area contributed by atoms with Gasteiger partial charge < -0.3 is 0 Å². The fourth-order valence-electron chi connectivity index (χ4n) is 2.69. The topological polar surface area (TPSA) is 17.1 Å². The van der Waals surface area contributed by atoms with Crippen LogP contribution < -0.4 is 0 Å². The predicted molar refractivity (Wildman–Crippen MR) is 78.0 cm³/mol. The van der Waals surface area contributed by atoms with Gasteiger partial charge in [-0.25, -0.2) is 0 Å². The lowest BCUT2D eigenvalue weighted by atomic mass is 9.80. The van der Waals surface area contributed by atoms with Crippen LogP contribution in [0.1, 0.15) is 79.6 Å². The highest BCUT2D eigenvalue weighted by atomic mass is 31.1. The van der Waals surface area contributed by atoms with Crippen molar-refractivity contribution in [1.82, 2.24) is 0 Å². The van der Waals surface area contributed by atoms with Crippen LogP contribution in [0.3, 0.4) is 0 Å². The molecule has 0 atom stereocenters. The Balaban J connectivity index is 4.05. The molecule has 0 saturated carbocycles. The lowest BCUT2D eigenvalue weighted by molar-refractivity contribution is 0.294. The van der Waals surface area contributed by atoms with Crippen molar-refractivity contribution in [1.29, 1.82) is 0 Å². The largest absolute Gasteiger partial charge is 0.274 e. The van der Waals surface area contributed by atoms with E-state index < -0.39 is 0 Å². The van der Waals surface area contributed by atoms with Crippen molar-refractivity contribution in [3.8, 4) is 0 Å². The molecule has 0 aromatic rings. The Morgan fingerprint density at radius 1 is 0.882 bits per heavy atom. The minimum Gasteiger partial charge on any atom is -0.274 e. The molecule has 0 bridgehead atoms. The van der Waals surface area contributed by atoms with Gasteiger partial charge in [-0.3, -0.25) is 4.57 Å². The second-order valence-electron chi connectivity index (χ2n) is 5.91.